The van der Waals surface area contributed by atoms with Crippen LogP contribution in [0.4, 0.5) is 0 Å². The molecule has 0 saturated heterocycles. The lowest BCUT2D eigenvalue weighted by atomic mass is 10.2. The van der Waals surface area contributed by atoms with E-state index in [1.807, 2.05) is 55.6 Å². The number of carbonyl (C=O) groups excluding carboxylic acids is 1. The van der Waals surface area contributed by atoms with E-state index in [0.29, 0.717) is 25.9 Å². The van der Waals surface area contributed by atoms with E-state index in [9.17, 15) is 4.79 Å². The third-order valence-electron chi connectivity index (χ3n) is 4.46. The minimum absolute atomic E-state index is 0.119. The smallest absolute Gasteiger partial charge is 0.223 e. The average Bonchev–Trinajstić information content (AvgIpc) is 3.38. The number of likely N-dealkylation sites (N-methyl/N-ethyl adjacent to an activating group) is 1. The zero-order valence-corrected chi connectivity index (χ0v) is 16.9. The Hall–Kier alpha value is -2.38. The monoisotopic (exact) mass is 386 g/mol. The van der Waals surface area contributed by atoms with Gasteiger partial charge in [-0.15, -0.1) is 11.3 Å². The van der Waals surface area contributed by atoms with Crippen LogP contribution in [0.25, 0.3) is 10.6 Å². The van der Waals surface area contributed by atoms with Gasteiger partial charge in [-0.2, -0.15) is 0 Å². The first-order valence-corrected chi connectivity index (χ1v) is 9.95. The zero-order valence-electron chi connectivity index (χ0n) is 16.1. The first kappa shape index (κ1) is 19.4. The summed E-state index contributed by atoms with van der Waals surface area (Å²) in [7, 11) is 4.02. The van der Waals surface area contributed by atoms with E-state index >= 15 is 0 Å². The van der Waals surface area contributed by atoms with Crippen molar-refractivity contribution in [1.29, 1.82) is 0 Å². The number of H-pyrrole nitrogens is 1. The second-order valence-electron chi connectivity index (χ2n) is 6.84. The molecule has 3 rings (SSSR count). The van der Waals surface area contributed by atoms with Crippen molar-refractivity contribution in [3.05, 3.63) is 53.1 Å². The molecule has 6 nitrogen and oxygen atoms in total. The summed E-state index contributed by atoms with van der Waals surface area (Å²) in [4.78, 5) is 25.3. The SMILES string of the molecule is Cc1[nH]cnc1CN(CCN(C)C)C(=O)CCc1ccc(-c2cccs2)o1. The summed E-state index contributed by atoms with van der Waals surface area (Å²) in [5, 5.41) is 2.03. The number of amides is 1. The van der Waals surface area contributed by atoms with Crippen molar-refractivity contribution in [2.75, 3.05) is 27.2 Å². The van der Waals surface area contributed by atoms with Crippen LogP contribution in [0.5, 0.6) is 0 Å². The number of rotatable bonds is 9. The molecule has 0 aliphatic rings. The fourth-order valence-electron chi connectivity index (χ4n) is 2.79. The molecule has 144 valence electrons. The van der Waals surface area contributed by atoms with E-state index in [4.69, 9.17) is 4.42 Å². The highest BCUT2D eigenvalue weighted by atomic mass is 32.1. The van der Waals surface area contributed by atoms with Gasteiger partial charge in [-0.25, -0.2) is 4.98 Å². The van der Waals surface area contributed by atoms with Gasteiger partial charge in [0.25, 0.3) is 0 Å². The van der Waals surface area contributed by atoms with Gasteiger partial charge in [0.2, 0.25) is 5.91 Å². The first-order valence-electron chi connectivity index (χ1n) is 9.07. The van der Waals surface area contributed by atoms with E-state index in [1.165, 1.54) is 0 Å². The summed E-state index contributed by atoms with van der Waals surface area (Å²) >= 11 is 1.65. The molecular weight excluding hydrogens is 360 g/mol. The lowest BCUT2D eigenvalue weighted by Crippen LogP contribution is -2.36. The fraction of sp³-hybridized carbons (Fsp3) is 0.400. The number of thiophene rings is 1. The normalized spacial score (nSPS) is 11.3. The van der Waals surface area contributed by atoms with Gasteiger partial charge in [0, 0.05) is 31.6 Å². The molecular formula is C20H26N4O2S. The third kappa shape index (κ3) is 5.30. The van der Waals surface area contributed by atoms with Crippen LogP contribution in [-0.4, -0.2) is 52.9 Å². The molecule has 0 radical (unpaired) electrons. The largest absolute Gasteiger partial charge is 0.460 e. The number of carbonyl (C=O) groups is 1. The number of aromatic amines is 1. The summed E-state index contributed by atoms with van der Waals surface area (Å²) in [6.45, 7) is 4.00. The molecule has 27 heavy (non-hydrogen) atoms. The maximum atomic E-state index is 12.8. The van der Waals surface area contributed by atoms with E-state index in [0.717, 1.165) is 34.3 Å². The Bertz CT molecular complexity index is 851. The summed E-state index contributed by atoms with van der Waals surface area (Å²) in [5.41, 5.74) is 1.92. The van der Waals surface area contributed by atoms with Crippen molar-refractivity contribution in [2.45, 2.75) is 26.3 Å². The second kappa shape index (κ2) is 9.01. The number of aromatic nitrogens is 2. The Labute approximate surface area is 163 Å². The highest BCUT2D eigenvalue weighted by Gasteiger charge is 2.17. The van der Waals surface area contributed by atoms with Crippen LogP contribution in [0.1, 0.15) is 23.6 Å². The molecule has 0 unspecified atom stereocenters. The predicted molar refractivity (Wildman–Crippen MR) is 108 cm³/mol. The molecule has 1 amide bonds. The van der Waals surface area contributed by atoms with Crippen molar-refractivity contribution >= 4 is 17.2 Å². The van der Waals surface area contributed by atoms with Crippen molar-refractivity contribution in [3.63, 3.8) is 0 Å². The standard InChI is InChI=1S/C20H26N4O2S/c1-15-17(22-14-21-15)13-24(11-10-23(2)3)20(25)9-7-16-6-8-18(26-16)19-5-4-12-27-19/h4-6,8,12,14H,7,9-11,13H2,1-3H3,(H,21,22). The molecule has 7 heteroatoms. The van der Waals surface area contributed by atoms with Crippen LogP contribution in [0.2, 0.25) is 0 Å². The lowest BCUT2D eigenvalue weighted by Gasteiger charge is -2.24. The van der Waals surface area contributed by atoms with Gasteiger partial charge in [-0.05, 0) is 44.6 Å². The summed E-state index contributed by atoms with van der Waals surface area (Å²) in [6.07, 6.45) is 2.70. The molecule has 1 N–H and O–H groups in total. The number of imidazole rings is 1. The average molecular weight is 387 g/mol. The van der Waals surface area contributed by atoms with Gasteiger partial charge in [-0.1, -0.05) is 6.07 Å². The summed E-state index contributed by atoms with van der Waals surface area (Å²) < 4.78 is 5.90. The topological polar surface area (TPSA) is 65.4 Å². The molecule has 0 spiro atoms. The molecule has 0 saturated carbocycles. The van der Waals surface area contributed by atoms with Crippen LogP contribution in [-0.2, 0) is 17.8 Å². The number of nitrogens with zero attached hydrogens (tertiary/aromatic N) is 3. The number of hydrogen-bond donors (Lipinski definition) is 1. The van der Waals surface area contributed by atoms with Crippen LogP contribution in [0.15, 0.2) is 40.4 Å². The minimum atomic E-state index is 0.119. The molecule has 0 bridgehead atoms. The Morgan fingerprint density at radius 1 is 1.26 bits per heavy atom. The molecule has 0 aromatic carbocycles. The van der Waals surface area contributed by atoms with Crippen LogP contribution >= 0.6 is 11.3 Å². The van der Waals surface area contributed by atoms with Gasteiger partial charge >= 0.3 is 0 Å². The van der Waals surface area contributed by atoms with E-state index in [2.05, 4.69) is 14.9 Å². The minimum Gasteiger partial charge on any atom is -0.460 e. The third-order valence-corrected chi connectivity index (χ3v) is 5.34. The predicted octanol–water partition coefficient (Wildman–Crippen LogP) is 3.56. The molecule has 0 aliphatic heterocycles. The van der Waals surface area contributed by atoms with E-state index < -0.39 is 0 Å². The quantitative estimate of drug-likeness (QED) is 0.611. The highest BCUT2D eigenvalue weighted by molar-refractivity contribution is 7.13. The van der Waals surface area contributed by atoms with Crippen molar-refractivity contribution in [2.24, 2.45) is 0 Å². The number of furan rings is 1. The van der Waals surface area contributed by atoms with Crippen LogP contribution < -0.4 is 0 Å². The van der Waals surface area contributed by atoms with Crippen LogP contribution in [0, 0.1) is 6.92 Å². The number of nitrogens with one attached hydrogen (secondary N) is 1. The molecule has 3 aromatic heterocycles. The molecule has 3 heterocycles. The van der Waals surface area contributed by atoms with Gasteiger partial charge in [-0.3, -0.25) is 4.79 Å². The Balaban J connectivity index is 1.60. The summed E-state index contributed by atoms with van der Waals surface area (Å²) in [6, 6.07) is 7.98. The van der Waals surface area contributed by atoms with Gasteiger partial charge in [0.15, 0.2) is 0 Å². The Morgan fingerprint density at radius 3 is 2.78 bits per heavy atom. The zero-order chi connectivity index (χ0) is 19.2. The number of hydrogen-bond acceptors (Lipinski definition) is 5. The van der Waals surface area contributed by atoms with E-state index in [1.54, 1.807) is 17.7 Å². The Kier molecular flexibility index (Phi) is 6.47. The lowest BCUT2D eigenvalue weighted by molar-refractivity contribution is -0.132. The van der Waals surface area contributed by atoms with Crippen molar-refractivity contribution < 1.29 is 9.21 Å². The number of aryl methyl sites for hydroxylation is 2. The maximum absolute atomic E-state index is 12.8. The second-order valence-corrected chi connectivity index (χ2v) is 7.78. The highest BCUT2D eigenvalue weighted by Crippen LogP contribution is 2.27. The van der Waals surface area contributed by atoms with Crippen LogP contribution in [0.3, 0.4) is 0 Å². The van der Waals surface area contributed by atoms with Gasteiger partial charge in [0.1, 0.15) is 11.5 Å². The Morgan fingerprint density at radius 2 is 2.11 bits per heavy atom. The molecule has 0 atom stereocenters. The first-order chi connectivity index (χ1) is 13.0. The van der Waals surface area contributed by atoms with Crippen molar-refractivity contribution in [3.8, 4) is 10.6 Å². The van der Waals surface area contributed by atoms with Crippen molar-refractivity contribution in [1.82, 2.24) is 19.8 Å². The van der Waals surface area contributed by atoms with Gasteiger partial charge in [0.05, 0.1) is 23.4 Å². The summed E-state index contributed by atoms with van der Waals surface area (Å²) in [5.74, 6) is 1.83. The van der Waals surface area contributed by atoms with E-state index in [-0.39, 0.29) is 5.91 Å². The molecule has 0 aliphatic carbocycles. The fourth-order valence-corrected chi connectivity index (χ4v) is 3.48. The maximum Gasteiger partial charge on any atom is 0.223 e. The molecule has 3 aromatic rings. The molecule has 0 fully saturated rings. The van der Waals surface area contributed by atoms with Gasteiger partial charge < -0.3 is 19.2 Å².